The third kappa shape index (κ3) is 7.28. The summed E-state index contributed by atoms with van der Waals surface area (Å²) in [5.41, 5.74) is 0.844. The van der Waals surface area contributed by atoms with Crippen molar-refractivity contribution in [3.8, 4) is 17.4 Å². The van der Waals surface area contributed by atoms with E-state index in [4.69, 9.17) is 24.4 Å². The van der Waals surface area contributed by atoms with E-state index in [1.807, 2.05) is 60.7 Å². The Labute approximate surface area is 300 Å². The van der Waals surface area contributed by atoms with Crippen molar-refractivity contribution < 1.29 is 33.8 Å². The number of hydrogen-bond donors (Lipinski definition) is 4. The van der Waals surface area contributed by atoms with E-state index in [2.05, 4.69) is 15.6 Å². The number of H-pyrrole nitrogens is 1. The topological polar surface area (TPSA) is 189 Å². The number of amides is 3. The van der Waals surface area contributed by atoms with Gasteiger partial charge < -0.3 is 35.1 Å². The van der Waals surface area contributed by atoms with Gasteiger partial charge in [0.05, 0.1) is 28.6 Å². The Kier molecular flexibility index (Phi) is 9.32. The van der Waals surface area contributed by atoms with Crippen LogP contribution in [0.1, 0.15) is 65.7 Å². The number of aliphatic carboxylic acids is 1. The average Bonchev–Trinajstić information content (AvgIpc) is 3.40. The largest absolute Gasteiger partial charge is 0.479 e. The molecule has 14 nitrogen and oxygen atoms in total. The van der Waals surface area contributed by atoms with Gasteiger partial charge >= 0.3 is 12.1 Å². The molecule has 14 heteroatoms. The number of allylic oxidation sites excluding steroid dienone is 1. The number of fused-ring (bicyclic) bond motifs is 4. The molecular formula is C38H43N7O7. The minimum atomic E-state index is -1.46. The van der Waals surface area contributed by atoms with Crippen LogP contribution in [0.15, 0.2) is 60.7 Å². The fraction of sp³-hybridized carbons (Fsp3) is 0.447. The monoisotopic (exact) mass is 709 g/mol. The second-order valence-electron chi connectivity index (χ2n) is 14.8. The molecule has 0 bridgehead atoms. The first-order valence-corrected chi connectivity index (χ1v) is 17.8. The molecule has 4 heterocycles. The van der Waals surface area contributed by atoms with Crippen LogP contribution in [-0.2, 0) is 19.1 Å². The number of carboxylic acids is 1. The summed E-state index contributed by atoms with van der Waals surface area (Å²) in [5, 5.41) is 15.7. The maximum Gasteiger partial charge on any atom is 0.408 e. The number of nitrogens with one attached hydrogen (secondary N) is 3. The quantitative estimate of drug-likeness (QED) is 0.208. The Morgan fingerprint density at radius 2 is 1.71 bits per heavy atom. The molecule has 0 spiro atoms. The molecule has 2 fully saturated rings. The fourth-order valence-electron chi connectivity index (χ4n) is 7.04. The van der Waals surface area contributed by atoms with Gasteiger partial charge in [-0.2, -0.15) is 0 Å². The van der Waals surface area contributed by atoms with E-state index < -0.39 is 53.2 Å². The molecule has 5 atom stereocenters. The summed E-state index contributed by atoms with van der Waals surface area (Å²) in [6, 6.07) is 12.8. The smallest absolute Gasteiger partial charge is 0.408 e. The maximum absolute atomic E-state index is 14.4. The second kappa shape index (κ2) is 13.9. The summed E-state index contributed by atoms with van der Waals surface area (Å²) in [7, 11) is 0. The highest BCUT2D eigenvalue weighted by atomic mass is 16.6. The molecule has 52 heavy (non-hydrogen) atoms. The first-order valence-electron chi connectivity index (χ1n) is 17.8. The molecule has 3 unspecified atom stereocenters. The first-order chi connectivity index (χ1) is 24.9. The van der Waals surface area contributed by atoms with Crippen LogP contribution in [0.5, 0.6) is 5.88 Å². The molecule has 272 valence electrons. The summed E-state index contributed by atoms with van der Waals surface area (Å²) >= 11 is 0. The number of rotatable bonds is 5. The number of benzene rings is 2. The van der Waals surface area contributed by atoms with Gasteiger partial charge in [0, 0.05) is 12.3 Å². The van der Waals surface area contributed by atoms with E-state index in [-0.39, 0.29) is 31.2 Å². The van der Waals surface area contributed by atoms with Gasteiger partial charge in [-0.05, 0) is 70.7 Å². The Morgan fingerprint density at radius 1 is 0.981 bits per heavy atom. The number of nitrogens with zero attached hydrogens (tertiary/aromatic N) is 4. The Balaban J connectivity index is 1.23. The molecule has 1 saturated heterocycles. The zero-order valence-electron chi connectivity index (χ0n) is 29.4. The van der Waals surface area contributed by atoms with Gasteiger partial charge in [0.1, 0.15) is 29.3 Å². The molecule has 7 rings (SSSR count). The molecule has 0 radical (unpaired) electrons. The Morgan fingerprint density at radius 3 is 2.44 bits per heavy atom. The van der Waals surface area contributed by atoms with E-state index in [9.17, 15) is 24.3 Å². The van der Waals surface area contributed by atoms with Gasteiger partial charge in [0.15, 0.2) is 11.5 Å². The van der Waals surface area contributed by atoms with Crippen LogP contribution in [-0.4, -0.2) is 89.7 Å². The highest BCUT2D eigenvalue weighted by molar-refractivity contribution is 5.96. The number of carboxylic acid groups (broad SMARTS) is 1. The number of para-hydroxylation sites is 4. The van der Waals surface area contributed by atoms with Gasteiger partial charge in [0.2, 0.25) is 17.7 Å². The van der Waals surface area contributed by atoms with Crippen LogP contribution in [0.2, 0.25) is 0 Å². The molecular weight excluding hydrogens is 666 g/mol. The van der Waals surface area contributed by atoms with Crippen molar-refractivity contribution in [2.24, 2.45) is 5.92 Å². The molecule has 4 N–H and O–H groups in total. The summed E-state index contributed by atoms with van der Waals surface area (Å²) < 4.78 is 12.0. The van der Waals surface area contributed by atoms with Gasteiger partial charge in [-0.25, -0.2) is 24.5 Å². The van der Waals surface area contributed by atoms with E-state index in [1.165, 1.54) is 4.90 Å². The SMILES string of the molecule is CC(C)(C)OC(=O)N[C@H]1CCCCC/C=C\C2CC2(C(=O)O)NC(=O)C2C[C@@H](Oc3nc4ccccc4nc3-c3nc4ccccc4[nH]3)CN2C1=O. The van der Waals surface area contributed by atoms with Crippen molar-refractivity contribution in [2.75, 3.05) is 6.54 Å². The van der Waals surface area contributed by atoms with Crippen LogP contribution in [0.3, 0.4) is 0 Å². The van der Waals surface area contributed by atoms with Crippen molar-refractivity contribution in [2.45, 2.75) is 95.0 Å². The predicted octanol–water partition coefficient (Wildman–Crippen LogP) is 4.89. The standard InChI is InChI=1S/C38H43N7O7/c1-37(2,3)52-36(50)43-28-18-8-6-4-5-7-13-22-20-38(22,35(48)49)44-32(46)29-19-23(21-45(29)34(28)47)51-33-30(39-24-14-9-12-17-27(24)42-33)31-40-25-15-10-11-16-26(25)41-31/h7,9-17,22-23,28-29H,4-6,8,18-21H2,1-3H3,(H,40,41)(H,43,50)(H,44,46)(H,48,49)/b13-7-/t22?,23-,28+,29?,38?/m1/s1. The first kappa shape index (κ1) is 34.9. The lowest BCUT2D eigenvalue weighted by atomic mass is 10.0. The molecule has 2 aromatic carbocycles. The minimum Gasteiger partial charge on any atom is -0.479 e. The molecule has 4 aromatic rings. The van der Waals surface area contributed by atoms with E-state index in [1.54, 1.807) is 20.8 Å². The van der Waals surface area contributed by atoms with Crippen LogP contribution < -0.4 is 15.4 Å². The number of carbonyl (C=O) groups is 4. The van der Waals surface area contributed by atoms with Crippen molar-refractivity contribution >= 4 is 45.9 Å². The third-order valence-electron chi connectivity index (χ3n) is 9.74. The van der Waals surface area contributed by atoms with Crippen molar-refractivity contribution in [1.29, 1.82) is 0 Å². The zero-order valence-corrected chi connectivity index (χ0v) is 29.4. The van der Waals surface area contributed by atoms with Crippen molar-refractivity contribution in [3.05, 3.63) is 60.7 Å². The molecule has 2 aromatic heterocycles. The van der Waals surface area contributed by atoms with Gasteiger partial charge in [-0.3, -0.25) is 9.59 Å². The van der Waals surface area contributed by atoms with Crippen LogP contribution in [0, 0.1) is 5.92 Å². The summed E-state index contributed by atoms with van der Waals surface area (Å²) in [6.07, 6.45) is 5.94. The van der Waals surface area contributed by atoms with Crippen LogP contribution >= 0.6 is 0 Å². The number of hydrogen-bond acceptors (Lipinski definition) is 9. The molecule has 2 aliphatic heterocycles. The lowest BCUT2D eigenvalue weighted by Gasteiger charge is -2.30. The number of carbonyl (C=O) groups excluding carboxylic acids is 3. The third-order valence-corrected chi connectivity index (χ3v) is 9.74. The second-order valence-corrected chi connectivity index (χ2v) is 14.8. The molecule has 1 aliphatic carbocycles. The predicted molar refractivity (Wildman–Crippen MR) is 191 cm³/mol. The number of alkyl carbamates (subject to hydrolysis) is 1. The zero-order chi connectivity index (χ0) is 36.6. The Bertz CT molecular complexity index is 2020. The number of aromatic amines is 1. The lowest BCUT2D eigenvalue weighted by molar-refractivity contribution is -0.145. The maximum atomic E-state index is 14.4. The highest BCUT2D eigenvalue weighted by Crippen LogP contribution is 2.45. The summed E-state index contributed by atoms with van der Waals surface area (Å²) in [5.74, 6) is -1.98. The van der Waals surface area contributed by atoms with Crippen LogP contribution in [0.4, 0.5) is 4.79 Å². The Hall–Kier alpha value is -5.53. The molecule has 3 amide bonds. The van der Waals surface area contributed by atoms with E-state index in [0.29, 0.717) is 35.4 Å². The molecule has 1 saturated carbocycles. The van der Waals surface area contributed by atoms with E-state index >= 15 is 0 Å². The van der Waals surface area contributed by atoms with Crippen molar-refractivity contribution in [3.63, 3.8) is 0 Å². The molecule has 3 aliphatic rings. The number of aromatic nitrogens is 4. The summed E-state index contributed by atoms with van der Waals surface area (Å²) in [4.78, 5) is 73.0. The van der Waals surface area contributed by atoms with E-state index in [0.717, 1.165) is 30.3 Å². The van der Waals surface area contributed by atoms with Gasteiger partial charge in [0.25, 0.3) is 0 Å². The fourth-order valence-corrected chi connectivity index (χ4v) is 7.04. The van der Waals surface area contributed by atoms with Gasteiger partial charge in [-0.1, -0.05) is 49.3 Å². The number of imidazole rings is 1. The lowest BCUT2D eigenvalue weighted by Crippen LogP contribution is -2.56. The normalized spacial score (nSPS) is 26.0. The minimum absolute atomic E-state index is 0.0269. The average molecular weight is 710 g/mol. The van der Waals surface area contributed by atoms with Gasteiger partial charge in [-0.15, -0.1) is 0 Å². The van der Waals surface area contributed by atoms with Crippen LogP contribution in [0.25, 0.3) is 33.6 Å². The van der Waals surface area contributed by atoms with Crippen molar-refractivity contribution in [1.82, 2.24) is 35.5 Å². The summed E-state index contributed by atoms with van der Waals surface area (Å²) in [6.45, 7) is 5.18. The number of ether oxygens (including phenoxy) is 2. The highest BCUT2D eigenvalue weighted by Gasteiger charge is 2.61.